The molecule has 0 saturated carbocycles. The molecule has 1 aliphatic rings. The molecule has 1 saturated heterocycles. The number of benzene rings is 3. The van der Waals surface area contributed by atoms with E-state index >= 15 is 0 Å². The van der Waals surface area contributed by atoms with Gasteiger partial charge in [-0.15, -0.1) is 0 Å². The zero-order valence-corrected chi connectivity index (χ0v) is 21.4. The van der Waals surface area contributed by atoms with Crippen molar-refractivity contribution in [3.63, 3.8) is 0 Å². The Kier molecular flexibility index (Phi) is 8.01. The lowest BCUT2D eigenvalue weighted by atomic mass is 10.1. The largest absolute Gasteiger partial charge is 0.497 e. The summed E-state index contributed by atoms with van der Waals surface area (Å²) in [6.07, 6.45) is 1.37. The quantitative estimate of drug-likeness (QED) is 0.293. The Balaban J connectivity index is 1.65. The number of urea groups is 1. The first-order valence-electron chi connectivity index (χ1n) is 11.2. The number of halogens is 2. The molecule has 0 bridgehead atoms. The van der Waals surface area contributed by atoms with Crippen molar-refractivity contribution in [1.29, 1.82) is 0 Å². The standard InChI is InChI=1S/C27H22Cl2N2O6/c1-3-36-19-9-6-18(7-10-19)31-26(33)21(25(32)30-27(31)34)13-17-5-8-20(35-2)14-24(17)37-15-16-4-11-22(28)23(29)12-16/h4-14H,3,15H2,1-2H3,(H,30,32,34)/b21-13+. The van der Waals surface area contributed by atoms with Crippen LogP contribution in [-0.2, 0) is 16.2 Å². The Morgan fingerprint density at radius 3 is 2.30 bits per heavy atom. The first kappa shape index (κ1) is 26.1. The first-order chi connectivity index (χ1) is 17.8. The van der Waals surface area contributed by atoms with Crippen LogP contribution in [0.1, 0.15) is 18.1 Å². The lowest BCUT2D eigenvalue weighted by molar-refractivity contribution is -0.122. The molecule has 0 atom stereocenters. The number of amides is 4. The third-order valence-electron chi connectivity index (χ3n) is 5.41. The Morgan fingerprint density at radius 1 is 0.892 bits per heavy atom. The first-order valence-corrected chi connectivity index (χ1v) is 12.0. The molecule has 3 aromatic rings. The summed E-state index contributed by atoms with van der Waals surface area (Å²) in [6, 6.07) is 15.6. The molecule has 4 amide bonds. The van der Waals surface area contributed by atoms with Crippen molar-refractivity contribution >= 4 is 52.8 Å². The molecular weight excluding hydrogens is 519 g/mol. The van der Waals surface area contributed by atoms with Gasteiger partial charge in [-0.1, -0.05) is 29.3 Å². The number of nitrogens with one attached hydrogen (secondary N) is 1. The zero-order chi connectivity index (χ0) is 26.5. The maximum absolute atomic E-state index is 13.3. The molecule has 1 heterocycles. The van der Waals surface area contributed by atoms with Gasteiger partial charge in [-0.3, -0.25) is 14.9 Å². The maximum atomic E-state index is 13.3. The third kappa shape index (κ3) is 5.87. The van der Waals surface area contributed by atoms with Crippen LogP contribution in [-0.4, -0.2) is 31.6 Å². The lowest BCUT2D eigenvalue weighted by Gasteiger charge is -2.26. The number of methoxy groups -OCH3 is 1. The molecule has 1 aliphatic heterocycles. The fraction of sp³-hybridized carbons (Fsp3) is 0.148. The summed E-state index contributed by atoms with van der Waals surface area (Å²) in [4.78, 5) is 39.4. The fourth-order valence-corrected chi connectivity index (χ4v) is 3.90. The number of hydrogen-bond acceptors (Lipinski definition) is 6. The van der Waals surface area contributed by atoms with Crippen molar-refractivity contribution in [2.75, 3.05) is 18.6 Å². The normalized spacial score (nSPS) is 14.5. The highest BCUT2D eigenvalue weighted by molar-refractivity contribution is 6.42. The van der Waals surface area contributed by atoms with Gasteiger partial charge < -0.3 is 14.2 Å². The van der Waals surface area contributed by atoms with E-state index in [1.807, 2.05) is 6.92 Å². The molecule has 0 radical (unpaired) electrons. The minimum atomic E-state index is -0.845. The topological polar surface area (TPSA) is 94.2 Å². The van der Waals surface area contributed by atoms with Crippen molar-refractivity contribution in [3.8, 4) is 17.2 Å². The van der Waals surface area contributed by atoms with Gasteiger partial charge in [0.25, 0.3) is 11.8 Å². The highest BCUT2D eigenvalue weighted by Gasteiger charge is 2.37. The molecule has 0 spiro atoms. The second-order valence-corrected chi connectivity index (χ2v) is 8.64. The number of nitrogens with zero attached hydrogens (tertiary/aromatic N) is 1. The summed E-state index contributed by atoms with van der Waals surface area (Å²) in [5.41, 5.74) is 1.24. The molecule has 3 aromatic carbocycles. The molecule has 0 aromatic heterocycles. The Bertz CT molecular complexity index is 1390. The number of hydrogen-bond donors (Lipinski definition) is 1. The van der Waals surface area contributed by atoms with Gasteiger partial charge in [0.15, 0.2) is 0 Å². The second kappa shape index (κ2) is 11.4. The summed E-state index contributed by atoms with van der Waals surface area (Å²) in [6.45, 7) is 2.46. The summed E-state index contributed by atoms with van der Waals surface area (Å²) in [7, 11) is 1.51. The van der Waals surface area contributed by atoms with E-state index in [9.17, 15) is 14.4 Å². The van der Waals surface area contributed by atoms with Crippen LogP contribution in [0.5, 0.6) is 17.2 Å². The Hall–Kier alpha value is -4.01. The van der Waals surface area contributed by atoms with E-state index in [4.69, 9.17) is 37.4 Å². The summed E-state index contributed by atoms with van der Waals surface area (Å²) >= 11 is 12.1. The van der Waals surface area contributed by atoms with E-state index in [0.29, 0.717) is 39.5 Å². The van der Waals surface area contributed by atoms with Crippen LogP contribution in [0.25, 0.3) is 6.08 Å². The Labute approximate surface area is 223 Å². The van der Waals surface area contributed by atoms with Crippen molar-refractivity contribution in [2.45, 2.75) is 13.5 Å². The second-order valence-electron chi connectivity index (χ2n) is 7.83. The highest BCUT2D eigenvalue weighted by Crippen LogP contribution is 2.31. The number of imide groups is 2. The number of anilines is 1. The van der Waals surface area contributed by atoms with Crippen LogP contribution in [0.2, 0.25) is 10.0 Å². The third-order valence-corrected chi connectivity index (χ3v) is 6.15. The predicted molar refractivity (Wildman–Crippen MR) is 140 cm³/mol. The zero-order valence-electron chi connectivity index (χ0n) is 19.9. The molecule has 190 valence electrons. The number of ether oxygens (including phenoxy) is 3. The summed E-state index contributed by atoms with van der Waals surface area (Å²) in [5.74, 6) is -0.141. The molecule has 4 rings (SSSR count). The molecule has 8 nitrogen and oxygen atoms in total. The predicted octanol–water partition coefficient (Wildman–Crippen LogP) is 5.65. The van der Waals surface area contributed by atoms with Crippen LogP contribution in [0, 0.1) is 0 Å². The summed E-state index contributed by atoms with van der Waals surface area (Å²) in [5, 5.41) is 3.02. The van der Waals surface area contributed by atoms with Gasteiger partial charge in [0.2, 0.25) is 0 Å². The highest BCUT2D eigenvalue weighted by atomic mass is 35.5. The number of barbiturate groups is 1. The Morgan fingerprint density at radius 2 is 1.62 bits per heavy atom. The van der Waals surface area contributed by atoms with Gasteiger partial charge in [-0.05, 0) is 67.1 Å². The van der Waals surface area contributed by atoms with Gasteiger partial charge in [0, 0.05) is 11.6 Å². The van der Waals surface area contributed by atoms with Crippen LogP contribution in [0.4, 0.5) is 10.5 Å². The average molecular weight is 541 g/mol. The van der Waals surface area contributed by atoms with Crippen molar-refractivity contribution in [2.24, 2.45) is 0 Å². The fourth-order valence-electron chi connectivity index (χ4n) is 3.58. The van der Waals surface area contributed by atoms with Crippen molar-refractivity contribution in [1.82, 2.24) is 5.32 Å². The summed E-state index contributed by atoms with van der Waals surface area (Å²) < 4.78 is 16.7. The average Bonchev–Trinajstić information content (AvgIpc) is 2.88. The minimum Gasteiger partial charge on any atom is -0.497 e. The number of rotatable bonds is 8. The van der Waals surface area contributed by atoms with Crippen LogP contribution in [0.3, 0.4) is 0 Å². The van der Waals surface area contributed by atoms with Crippen molar-refractivity contribution < 1.29 is 28.6 Å². The van der Waals surface area contributed by atoms with E-state index in [1.54, 1.807) is 60.7 Å². The molecule has 0 unspecified atom stereocenters. The van der Waals surface area contributed by atoms with Crippen LogP contribution in [0.15, 0.2) is 66.2 Å². The van der Waals surface area contributed by atoms with Gasteiger partial charge in [0.05, 0.1) is 29.4 Å². The van der Waals surface area contributed by atoms with Gasteiger partial charge in [-0.2, -0.15) is 0 Å². The van der Waals surface area contributed by atoms with E-state index in [1.165, 1.54) is 13.2 Å². The van der Waals surface area contributed by atoms with E-state index in [2.05, 4.69) is 5.32 Å². The van der Waals surface area contributed by atoms with Gasteiger partial charge in [-0.25, -0.2) is 9.69 Å². The van der Waals surface area contributed by atoms with Crippen molar-refractivity contribution in [3.05, 3.63) is 87.4 Å². The monoisotopic (exact) mass is 540 g/mol. The van der Waals surface area contributed by atoms with Crippen LogP contribution < -0.4 is 24.4 Å². The molecule has 1 N–H and O–H groups in total. The molecule has 1 fully saturated rings. The molecule has 0 aliphatic carbocycles. The molecule has 37 heavy (non-hydrogen) atoms. The van der Waals surface area contributed by atoms with E-state index in [-0.39, 0.29) is 17.9 Å². The van der Waals surface area contributed by atoms with E-state index < -0.39 is 17.8 Å². The van der Waals surface area contributed by atoms with Gasteiger partial charge in [0.1, 0.15) is 29.4 Å². The minimum absolute atomic E-state index is 0.136. The maximum Gasteiger partial charge on any atom is 0.335 e. The van der Waals surface area contributed by atoms with Crippen LogP contribution >= 0.6 is 23.2 Å². The van der Waals surface area contributed by atoms with Gasteiger partial charge >= 0.3 is 6.03 Å². The lowest BCUT2D eigenvalue weighted by Crippen LogP contribution is -2.54. The SMILES string of the molecule is CCOc1ccc(N2C(=O)NC(=O)/C(=C\c3ccc(OC)cc3OCc3ccc(Cl)c(Cl)c3)C2=O)cc1. The number of carbonyl (C=O) groups excluding carboxylic acids is 3. The van der Waals surface area contributed by atoms with E-state index in [0.717, 1.165) is 10.5 Å². The number of carbonyl (C=O) groups is 3. The molecular formula is C27H22Cl2N2O6. The molecule has 10 heteroatoms. The smallest absolute Gasteiger partial charge is 0.335 e.